The van der Waals surface area contributed by atoms with Gasteiger partial charge in [-0.15, -0.1) is 13.2 Å². The quantitative estimate of drug-likeness (QED) is 0.777. The molecule has 0 amide bonds. The lowest BCUT2D eigenvalue weighted by Gasteiger charge is -2.07. The summed E-state index contributed by atoms with van der Waals surface area (Å²) in [6, 6.07) is 3.57. The molecule has 0 radical (unpaired) electrons. The molecule has 1 N–H and O–H groups in total. The van der Waals surface area contributed by atoms with E-state index in [9.17, 15) is 13.2 Å². The number of aryl methyl sites for hydroxylation is 1. The van der Waals surface area contributed by atoms with E-state index in [1.807, 2.05) is 0 Å². The number of rotatable bonds is 5. The zero-order chi connectivity index (χ0) is 11.3. The minimum absolute atomic E-state index is 0.124. The van der Waals surface area contributed by atoms with Crippen LogP contribution in [0.1, 0.15) is 11.5 Å². The molecular formula is C9H12F3NO2. The van der Waals surface area contributed by atoms with Crippen LogP contribution >= 0.6 is 0 Å². The topological polar surface area (TPSA) is 34.4 Å². The molecule has 0 saturated carbocycles. The molecule has 0 saturated heterocycles. The molecule has 1 heterocycles. The molecule has 0 spiro atoms. The molecule has 0 aliphatic rings. The van der Waals surface area contributed by atoms with Gasteiger partial charge in [0.2, 0.25) is 0 Å². The second kappa shape index (κ2) is 5.18. The number of nitrogens with one attached hydrogen (secondary N) is 1. The zero-order valence-corrected chi connectivity index (χ0v) is 8.23. The third-order valence-corrected chi connectivity index (χ3v) is 1.64. The summed E-state index contributed by atoms with van der Waals surface area (Å²) >= 11 is 0. The number of alkyl halides is 3. The van der Waals surface area contributed by atoms with E-state index in [0.29, 0.717) is 12.3 Å². The monoisotopic (exact) mass is 223 g/mol. The van der Waals surface area contributed by atoms with Crippen LogP contribution in [0.3, 0.4) is 0 Å². The summed E-state index contributed by atoms with van der Waals surface area (Å²) in [5.74, 6) is 1.47. The fourth-order valence-corrected chi connectivity index (χ4v) is 1.03. The number of ether oxygens (including phenoxy) is 1. The fraction of sp³-hybridized carbons (Fsp3) is 0.556. The zero-order valence-electron chi connectivity index (χ0n) is 8.23. The Bertz CT molecular complexity index is 296. The van der Waals surface area contributed by atoms with Gasteiger partial charge in [-0.1, -0.05) is 0 Å². The van der Waals surface area contributed by atoms with Crippen molar-refractivity contribution in [2.75, 3.05) is 13.2 Å². The standard InChI is InChI=1S/C9H12F3NO2/c1-7-2-3-8(15-7)6-13-4-5-14-9(10,11)12/h2-3,13H,4-6H2,1H3. The highest BCUT2D eigenvalue weighted by molar-refractivity contribution is 5.04. The molecule has 1 rings (SSSR count). The molecule has 0 aromatic carbocycles. The lowest BCUT2D eigenvalue weighted by atomic mass is 10.4. The second-order valence-electron chi connectivity index (χ2n) is 2.98. The molecule has 0 atom stereocenters. The average molecular weight is 223 g/mol. The molecule has 1 aromatic rings. The second-order valence-corrected chi connectivity index (χ2v) is 2.98. The van der Waals surface area contributed by atoms with Crippen LogP contribution in [-0.2, 0) is 11.3 Å². The summed E-state index contributed by atoms with van der Waals surface area (Å²) in [4.78, 5) is 0. The summed E-state index contributed by atoms with van der Waals surface area (Å²) in [6.45, 7) is 1.92. The molecule has 15 heavy (non-hydrogen) atoms. The van der Waals surface area contributed by atoms with Crippen molar-refractivity contribution in [2.24, 2.45) is 0 Å². The molecule has 3 nitrogen and oxygen atoms in total. The first-order valence-corrected chi connectivity index (χ1v) is 4.44. The Hall–Kier alpha value is -1.01. The number of furan rings is 1. The van der Waals surface area contributed by atoms with Crippen molar-refractivity contribution in [3.8, 4) is 0 Å². The number of halogens is 3. The lowest BCUT2D eigenvalue weighted by Crippen LogP contribution is -2.23. The Labute approximate surface area is 85.2 Å². The highest BCUT2D eigenvalue weighted by Crippen LogP contribution is 2.15. The summed E-state index contributed by atoms with van der Waals surface area (Å²) in [5.41, 5.74) is 0. The maximum Gasteiger partial charge on any atom is 0.522 e. The van der Waals surface area contributed by atoms with Crippen molar-refractivity contribution >= 4 is 0 Å². The Kier molecular flexibility index (Phi) is 4.16. The lowest BCUT2D eigenvalue weighted by molar-refractivity contribution is -0.323. The summed E-state index contributed by atoms with van der Waals surface area (Å²) in [6.07, 6.45) is -4.55. The third kappa shape index (κ3) is 5.44. The first-order chi connectivity index (χ1) is 6.97. The van der Waals surface area contributed by atoms with Gasteiger partial charge < -0.3 is 9.73 Å². The van der Waals surface area contributed by atoms with Gasteiger partial charge in [-0.25, -0.2) is 0 Å². The largest absolute Gasteiger partial charge is 0.522 e. The Morgan fingerprint density at radius 3 is 2.67 bits per heavy atom. The average Bonchev–Trinajstić information content (AvgIpc) is 2.49. The van der Waals surface area contributed by atoms with Crippen LogP contribution in [0.2, 0.25) is 0 Å². The smallest absolute Gasteiger partial charge is 0.465 e. The van der Waals surface area contributed by atoms with E-state index < -0.39 is 13.0 Å². The van der Waals surface area contributed by atoms with Crippen molar-refractivity contribution in [3.63, 3.8) is 0 Å². The first kappa shape index (κ1) is 12.1. The van der Waals surface area contributed by atoms with Gasteiger partial charge in [-0.05, 0) is 19.1 Å². The van der Waals surface area contributed by atoms with Gasteiger partial charge in [-0.3, -0.25) is 4.74 Å². The maximum absolute atomic E-state index is 11.5. The van der Waals surface area contributed by atoms with E-state index in [4.69, 9.17) is 4.42 Å². The molecule has 1 aromatic heterocycles. The molecule has 0 unspecified atom stereocenters. The van der Waals surface area contributed by atoms with Crippen LogP contribution in [0.4, 0.5) is 13.2 Å². The van der Waals surface area contributed by atoms with Crippen molar-refractivity contribution in [1.82, 2.24) is 5.32 Å². The van der Waals surface area contributed by atoms with Crippen LogP contribution in [0.25, 0.3) is 0 Å². The van der Waals surface area contributed by atoms with E-state index in [0.717, 1.165) is 5.76 Å². The normalized spacial score (nSPS) is 12.0. The van der Waals surface area contributed by atoms with Gasteiger partial charge in [0.1, 0.15) is 11.5 Å². The van der Waals surface area contributed by atoms with Gasteiger partial charge in [0.25, 0.3) is 0 Å². The van der Waals surface area contributed by atoms with E-state index in [2.05, 4.69) is 10.1 Å². The summed E-state index contributed by atoms with van der Waals surface area (Å²) in [5, 5.41) is 2.77. The summed E-state index contributed by atoms with van der Waals surface area (Å²) < 4.78 is 43.4. The number of hydrogen-bond donors (Lipinski definition) is 1. The van der Waals surface area contributed by atoms with Crippen molar-refractivity contribution < 1.29 is 22.3 Å². The highest BCUT2D eigenvalue weighted by atomic mass is 19.4. The van der Waals surface area contributed by atoms with Crippen LogP contribution in [-0.4, -0.2) is 19.5 Å². The van der Waals surface area contributed by atoms with Crippen molar-refractivity contribution in [3.05, 3.63) is 23.7 Å². The molecule has 0 fully saturated rings. The van der Waals surface area contributed by atoms with Crippen molar-refractivity contribution in [2.45, 2.75) is 19.8 Å². The third-order valence-electron chi connectivity index (χ3n) is 1.64. The van der Waals surface area contributed by atoms with Crippen LogP contribution in [0, 0.1) is 6.92 Å². The molecule has 0 aliphatic carbocycles. The van der Waals surface area contributed by atoms with E-state index in [1.54, 1.807) is 19.1 Å². The fourth-order valence-electron chi connectivity index (χ4n) is 1.03. The predicted octanol–water partition coefficient (Wildman–Crippen LogP) is 2.21. The Morgan fingerprint density at radius 2 is 2.13 bits per heavy atom. The Morgan fingerprint density at radius 1 is 1.40 bits per heavy atom. The van der Waals surface area contributed by atoms with Gasteiger partial charge >= 0.3 is 6.36 Å². The van der Waals surface area contributed by atoms with Crippen LogP contribution < -0.4 is 5.32 Å². The number of hydrogen-bond acceptors (Lipinski definition) is 3. The van der Waals surface area contributed by atoms with Gasteiger partial charge in [0, 0.05) is 6.54 Å². The molecular weight excluding hydrogens is 211 g/mol. The van der Waals surface area contributed by atoms with Gasteiger partial charge in [-0.2, -0.15) is 0 Å². The van der Waals surface area contributed by atoms with E-state index in [-0.39, 0.29) is 6.54 Å². The Balaban J connectivity index is 2.07. The molecule has 6 heteroatoms. The SMILES string of the molecule is Cc1ccc(CNCCOC(F)(F)F)o1. The molecule has 86 valence electrons. The van der Waals surface area contributed by atoms with Crippen LogP contribution in [0.15, 0.2) is 16.5 Å². The minimum atomic E-state index is -4.55. The first-order valence-electron chi connectivity index (χ1n) is 4.44. The van der Waals surface area contributed by atoms with E-state index in [1.165, 1.54) is 0 Å². The highest BCUT2D eigenvalue weighted by Gasteiger charge is 2.28. The minimum Gasteiger partial charge on any atom is -0.465 e. The molecule has 0 aliphatic heterocycles. The maximum atomic E-state index is 11.5. The van der Waals surface area contributed by atoms with Gasteiger partial charge in [0.05, 0.1) is 13.2 Å². The predicted molar refractivity (Wildman–Crippen MR) is 47.2 cm³/mol. The molecule has 0 bridgehead atoms. The summed E-state index contributed by atoms with van der Waals surface area (Å²) in [7, 11) is 0. The van der Waals surface area contributed by atoms with Crippen LogP contribution in [0.5, 0.6) is 0 Å². The van der Waals surface area contributed by atoms with Gasteiger partial charge in [0.15, 0.2) is 0 Å². The van der Waals surface area contributed by atoms with Crippen molar-refractivity contribution in [1.29, 1.82) is 0 Å². The van der Waals surface area contributed by atoms with E-state index >= 15 is 0 Å².